The summed E-state index contributed by atoms with van der Waals surface area (Å²) in [5.74, 6) is -0.656. The summed E-state index contributed by atoms with van der Waals surface area (Å²) >= 11 is 0. The standard InChI is InChI=1S/C28H30F2N8O2/c29-19-6-5-17(21-24(19)40-26(31)34-21)18-11-32-23-22(20(18)30)35-27(39-14-28-7-1-9-38(28)10-2-8-28)36-25(23)37-12-15-3-4-16(13-37)33-15/h5-6,11,15-16,33H,1-4,7-10,12-14H2,(H2,31,34). The lowest BCUT2D eigenvalue weighted by Gasteiger charge is -2.34. The Morgan fingerprint density at radius 2 is 1.77 bits per heavy atom. The number of fused-ring (bicyclic) bond motifs is 5. The minimum absolute atomic E-state index is 0.00211. The summed E-state index contributed by atoms with van der Waals surface area (Å²) in [7, 11) is 0. The summed E-state index contributed by atoms with van der Waals surface area (Å²) in [4.78, 5) is 22.8. The smallest absolute Gasteiger partial charge is 0.319 e. The Kier molecular flexibility index (Phi) is 5.40. The molecular formula is C28H30F2N8O2. The molecule has 4 saturated heterocycles. The normalized spacial score (nSPS) is 23.9. The Morgan fingerprint density at radius 3 is 2.55 bits per heavy atom. The number of hydrogen-bond acceptors (Lipinski definition) is 10. The number of benzene rings is 1. The number of hydrogen-bond donors (Lipinski definition) is 2. The zero-order chi connectivity index (χ0) is 27.0. The van der Waals surface area contributed by atoms with Gasteiger partial charge in [-0.1, -0.05) is 0 Å². The van der Waals surface area contributed by atoms with E-state index in [9.17, 15) is 4.39 Å². The molecule has 0 saturated carbocycles. The molecule has 0 radical (unpaired) electrons. The molecule has 2 atom stereocenters. The van der Waals surface area contributed by atoms with E-state index < -0.39 is 11.6 Å². The molecule has 10 nitrogen and oxygen atoms in total. The fourth-order valence-corrected chi connectivity index (χ4v) is 7.32. The average Bonchev–Trinajstić information content (AvgIpc) is 3.71. The number of nitrogens with zero attached hydrogens (tertiary/aromatic N) is 6. The van der Waals surface area contributed by atoms with Crippen LogP contribution in [0.25, 0.3) is 33.3 Å². The van der Waals surface area contributed by atoms with Crippen LogP contribution in [-0.2, 0) is 0 Å². The average molecular weight is 549 g/mol. The predicted molar refractivity (Wildman–Crippen MR) is 145 cm³/mol. The van der Waals surface area contributed by atoms with E-state index in [0.717, 1.165) is 64.7 Å². The lowest BCUT2D eigenvalue weighted by Crippen LogP contribution is -2.51. The predicted octanol–water partition coefficient (Wildman–Crippen LogP) is 3.64. The second-order valence-electron chi connectivity index (χ2n) is 11.6. The van der Waals surface area contributed by atoms with Crippen molar-refractivity contribution in [1.82, 2.24) is 30.2 Å². The fourth-order valence-electron chi connectivity index (χ4n) is 7.32. The van der Waals surface area contributed by atoms with Gasteiger partial charge in [0.2, 0.25) is 0 Å². The van der Waals surface area contributed by atoms with Gasteiger partial charge in [-0.2, -0.15) is 15.0 Å². The van der Waals surface area contributed by atoms with Crippen LogP contribution in [0.15, 0.2) is 22.7 Å². The molecule has 4 aliphatic heterocycles. The molecule has 8 rings (SSSR count). The number of oxazole rings is 1. The van der Waals surface area contributed by atoms with Crippen LogP contribution in [0.2, 0.25) is 0 Å². The first kappa shape index (κ1) is 24.2. The SMILES string of the molecule is Nc1nc2c(-c3cnc4c(N5CC6CCC(C5)N6)nc(OCC56CCCN5CCC6)nc4c3F)ccc(F)c2o1. The molecule has 40 heavy (non-hydrogen) atoms. The molecule has 4 aliphatic rings. The molecular weight excluding hydrogens is 518 g/mol. The second kappa shape index (κ2) is 8.93. The molecule has 12 heteroatoms. The molecule has 7 heterocycles. The summed E-state index contributed by atoms with van der Waals surface area (Å²) in [6.07, 6.45) is 8.08. The summed E-state index contributed by atoms with van der Waals surface area (Å²) in [6, 6.07) is 3.31. The number of rotatable bonds is 5. The quantitative estimate of drug-likeness (QED) is 0.383. The van der Waals surface area contributed by atoms with Crippen molar-refractivity contribution >= 4 is 34.0 Å². The highest BCUT2D eigenvalue weighted by Crippen LogP contribution is 2.40. The van der Waals surface area contributed by atoms with Crippen molar-refractivity contribution in [2.45, 2.75) is 56.1 Å². The third-order valence-electron chi connectivity index (χ3n) is 9.21. The van der Waals surface area contributed by atoms with Gasteiger partial charge in [-0.3, -0.25) is 4.90 Å². The molecule has 208 valence electrons. The van der Waals surface area contributed by atoms with Gasteiger partial charge in [-0.05, 0) is 63.7 Å². The maximum absolute atomic E-state index is 16.4. The van der Waals surface area contributed by atoms with Crippen LogP contribution >= 0.6 is 0 Å². The van der Waals surface area contributed by atoms with E-state index in [1.165, 1.54) is 18.3 Å². The van der Waals surface area contributed by atoms with Crippen molar-refractivity contribution in [3.8, 4) is 17.1 Å². The number of nitrogen functional groups attached to an aromatic ring is 1. The number of nitrogens with two attached hydrogens (primary N) is 1. The molecule has 0 amide bonds. The van der Waals surface area contributed by atoms with Crippen molar-refractivity contribution in [1.29, 1.82) is 0 Å². The van der Waals surface area contributed by atoms with Crippen molar-refractivity contribution < 1.29 is 17.9 Å². The van der Waals surface area contributed by atoms with Crippen molar-refractivity contribution in [2.75, 3.05) is 43.4 Å². The van der Waals surface area contributed by atoms with Gasteiger partial charge in [-0.15, -0.1) is 0 Å². The van der Waals surface area contributed by atoms with E-state index in [0.29, 0.717) is 35.6 Å². The molecule has 0 spiro atoms. The summed E-state index contributed by atoms with van der Waals surface area (Å²) in [6.45, 7) is 4.13. The van der Waals surface area contributed by atoms with Gasteiger partial charge in [-0.25, -0.2) is 13.8 Å². The van der Waals surface area contributed by atoms with Crippen molar-refractivity contribution in [3.05, 3.63) is 30.0 Å². The maximum atomic E-state index is 16.4. The lowest BCUT2D eigenvalue weighted by molar-refractivity contribution is 0.108. The summed E-state index contributed by atoms with van der Waals surface area (Å²) < 4.78 is 42.3. The van der Waals surface area contributed by atoms with Crippen molar-refractivity contribution in [3.63, 3.8) is 0 Å². The van der Waals surface area contributed by atoms with Crippen LogP contribution in [0.1, 0.15) is 38.5 Å². The Morgan fingerprint density at radius 1 is 1.00 bits per heavy atom. The zero-order valence-electron chi connectivity index (χ0n) is 22.0. The lowest BCUT2D eigenvalue weighted by atomic mass is 9.95. The van der Waals surface area contributed by atoms with Crippen molar-refractivity contribution in [2.24, 2.45) is 0 Å². The van der Waals surface area contributed by atoms with Crippen LogP contribution in [0, 0.1) is 11.6 Å². The van der Waals surface area contributed by atoms with E-state index >= 15 is 4.39 Å². The first-order valence-corrected chi connectivity index (χ1v) is 14.1. The van der Waals surface area contributed by atoms with E-state index in [4.69, 9.17) is 19.9 Å². The summed E-state index contributed by atoms with van der Waals surface area (Å²) in [5.41, 5.74) is 6.57. The molecule has 4 fully saturated rings. The summed E-state index contributed by atoms with van der Waals surface area (Å²) in [5, 5.41) is 3.63. The van der Waals surface area contributed by atoms with E-state index in [2.05, 4.69) is 30.1 Å². The van der Waals surface area contributed by atoms with Crippen LogP contribution in [0.3, 0.4) is 0 Å². The third kappa shape index (κ3) is 3.72. The van der Waals surface area contributed by atoms with Crippen LogP contribution < -0.4 is 20.7 Å². The highest BCUT2D eigenvalue weighted by atomic mass is 19.1. The third-order valence-corrected chi connectivity index (χ3v) is 9.21. The molecule has 1 aromatic carbocycles. The Balaban J connectivity index is 1.25. The minimum Gasteiger partial charge on any atom is -0.461 e. The van der Waals surface area contributed by atoms with Gasteiger partial charge in [0.15, 0.2) is 23.0 Å². The van der Waals surface area contributed by atoms with Gasteiger partial charge < -0.3 is 25.1 Å². The topological polar surface area (TPSA) is 118 Å². The molecule has 2 unspecified atom stereocenters. The monoisotopic (exact) mass is 548 g/mol. The van der Waals surface area contributed by atoms with Gasteiger partial charge in [0.1, 0.15) is 23.2 Å². The first-order chi connectivity index (χ1) is 19.5. The van der Waals surface area contributed by atoms with Gasteiger partial charge in [0.05, 0.1) is 5.54 Å². The van der Waals surface area contributed by atoms with E-state index in [-0.39, 0.29) is 39.7 Å². The molecule has 3 N–H and O–H groups in total. The second-order valence-corrected chi connectivity index (χ2v) is 11.6. The van der Waals surface area contributed by atoms with Crippen LogP contribution in [0.4, 0.5) is 20.6 Å². The van der Waals surface area contributed by atoms with E-state index in [1.807, 2.05) is 0 Å². The highest BCUT2D eigenvalue weighted by molar-refractivity contribution is 5.96. The first-order valence-electron chi connectivity index (χ1n) is 14.1. The number of nitrogens with one attached hydrogen (secondary N) is 1. The Hall–Kier alpha value is -3.64. The minimum atomic E-state index is -0.627. The number of aromatic nitrogens is 4. The van der Waals surface area contributed by atoms with Gasteiger partial charge >= 0.3 is 6.01 Å². The molecule has 4 aromatic rings. The number of pyridine rings is 1. The van der Waals surface area contributed by atoms with Crippen LogP contribution in [0.5, 0.6) is 6.01 Å². The van der Waals surface area contributed by atoms with Gasteiger partial charge in [0.25, 0.3) is 6.01 Å². The molecule has 3 aromatic heterocycles. The van der Waals surface area contributed by atoms with Crippen LogP contribution in [-0.4, -0.2) is 75.2 Å². The molecule has 2 bridgehead atoms. The zero-order valence-corrected chi connectivity index (χ0v) is 22.0. The number of ether oxygens (including phenoxy) is 1. The van der Waals surface area contributed by atoms with E-state index in [1.54, 1.807) is 0 Å². The number of anilines is 2. The largest absolute Gasteiger partial charge is 0.461 e. The molecule has 0 aliphatic carbocycles. The number of halogens is 2. The highest BCUT2D eigenvalue weighted by Gasteiger charge is 2.45. The Labute approximate surface area is 228 Å². The Bertz CT molecular complexity index is 1620. The maximum Gasteiger partial charge on any atom is 0.319 e. The number of piperazine rings is 1. The fraction of sp³-hybridized carbons (Fsp3) is 0.500. The van der Waals surface area contributed by atoms with Gasteiger partial charge in [0, 0.05) is 42.5 Å².